The van der Waals surface area contributed by atoms with Gasteiger partial charge in [-0.1, -0.05) is 35.5 Å². The van der Waals surface area contributed by atoms with Gasteiger partial charge in [-0.3, -0.25) is 0 Å². The van der Waals surface area contributed by atoms with E-state index >= 15 is 0 Å². The lowest BCUT2D eigenvalue weighted by molar-refractivity contribution is 0.258. The van der Waals surface area contributed by atoms with E-state index < -0.39 is 6.04 Å². The Labute approximate surface area is 106 Å². The summed E-state index contributed by atoms with van der Waals surface area (Å²) in [4.78, 5) is 4.27. The molecular weight excluding hydrogens is 230 g/mol. The lowest BCUT2D eigenvalue weighted by atomic mass is 9.84. The number of hydrogen-bond acceptors (Lipinski definition) is 5. The van der Waals surface area contributed by atoms with Gasteiger partial charge in [-0.2, -0.15) is 4.98 Å². The van der Waals surface area contributed by atoms with Crippen molar-refractivity contribution in [1.29, 1.82) is 0 Å². The molecule has 0 fully saturated rings. The number of hydrogen-bond donors (Lipinski definition) is 2. The fourth-order valence-electron chi connectivity index (χ4n) is 1.70. The van der Waals surface area contributed by atoms with E-state index in [1.54, 1.807) is 0 Å². The van der Waals surface area contributed by atoms with Crippen molar-refractivity contribution in [2.24, 2.45) is 5.73 Å². The Kier molecular flexibility index (Phi) is 3.45. The van der Waals surface area contributed by atoms with Crippen LogP contribution in [-0.2, 0) is 5.41 Å². The third-order valence-corrected chi connectivity index (χ3v) is 3.00. The molecule has 0 saturated carbocycles. The Morgan fingerprint density at radius 3 is 2.61 bits per heavy atom. The third-order valence-electron chi connectivity index (χ3n) is 3.00. The topological polar surface area (TPSA) is 85.2 Å². The molecule has 0 aliphatic rings. The van der Waals surface area contributed by atoms with Gasteiger partial charge in [-0.25, -0.2) is 0 Å². The maximum atomic E-state index is 8.97. The van der Waals surface area contributed by atoms with E-state index in [0.29, 0.717) is 11.7 Å². The minimum Gasteiger partial charge on any atom is -0.394 e. The van der Waals surface area contributed by atoms with Crippen LogP contribution in [-0.4, -0.2) is 21.9 Å². The molecule has 2 aromatic rings. The maximum Gasteiger partial charge on any atom is 0.236 e. The molecule has 0 spiro atoms. The highest BCUT2D eigenvalue weighted by Gasteiger charge is 2.30. The van der Waals surface area contributed by atoms with E-state index in [9.17, 15) is 0 Å². The largest absolute Gasteiger partial charge is 0.394 e. The second kappa shape index (κ2) is 4.88. The lowest BCUT2D eigenvalue weighted by Crippen LogP contribution is -2.20. The van der Waals surface area contributed by atoms with Gasteiger partial charge in [0.25, 0.3) is 0 Å². The van der Waals surface area contributed by atoms with Gasteiger partial charge in [0.05, 0.1) is 18.1 Å². The molecule has 0 aliphatic heterocycles. The summed E-state index contributed by atoms with van der Waals surface area (Å²) in [7, 11) is 0. The van der Waals surface area contributed by atoms with Crippen molar-refractivity contribution >= 4 is 0 Å². The Balaban J connectivity index is 2.33. The highest BCUT2D eigenvalue weighted by Crippen LogP contribution is 2.30. The first-order chi connectivity index (χ1) is 8.55. The Morgan fingerprint density at radius 2 is 2.00 bits per heavy atom. The average Bonchev–Trinajstić information content (AvgIpc) is 2.89. The first-order valence-electron chi connectivity index (χ1n) is 5.81. The smallest absolute Gasteiger partial charge is 0.236 e. The van der Waals surface area contributed by atoms with Gasteiger partial charge in [0.1, 0.15) is 0 Å². The fraction of sp³-hybridized carbons (Fsp3) is 0.385. The molecule has 5 nitrogen and oxygen atoms in total. The molecule has 0 aliphatic carbocycles. The second-order valence-electron chi connectivity index (χ2n) is 4.74. The van der Waals surface area contributed by atoms with Gasteiger partial charge in [0, 0.05) is 0 Å². The summed E-state index contributed by atoms with van der Waals surface area (Å²) in [6.07, 6.45) is 0. The number of benzene rings is 1. The van der Waals surface area contributed by atoms with E-state index in [0.717, 1.165) is 5.56 Å². The number of nitrogens with two attached hydrogens (primary N) is 1. The summed E-state index contributed by atoms with van der Waals surface area (Å²) in [5, 5.41) is 12.8. The van der Waals surface area contributed by atoms with E-state index in [-0.39, 0.29) is 12.0 Å². The zero-order valence-electron chi connectivity index (χ0n) is 10.5. The zero-order chi connectivity index (χ0) is 13.2. The summed E-state index contributed by atoms with van der Waals surface area (Å²) < 4.78 is 5.25. The number of rotatable bonds is 4. The van der Waals surface area contributed by atoms with E-state index in [1.807, 2.05) is 44.2 Å². The summed E-state index contributed by atoms with van der Waals surface area (Å²) >= 11 is 0. The molecule has 0 bridgehead atoms. The predicted molar refractivity (Wildman–Crippen MR) is 66.9 cm³/mol. The van der Waals surface area contributed by atoms with Crippen molar-refractivity contribution < 1.29 is 9.63 Å². The molecule has 0 saturated heterocycles. The van der Waals surface area contributed by atoms with Crippen molar-refractivity contribution in [2.75, 3.05) is 6.61 Å². The fourth-order valence-corrected chi connectivity index (χ4v) is 1.70. The van der Waals surface area contributed by atoms with Crippen LogP contribution in [0.5, 0.6) is 0 Å². The highest BCUT2D eigenvalue weighted by atomic mass is 16.5. The van der Waals surface area contributed by atoms with Crippen LogP contribution in [0, 0.1) is 0 Å². The zero-order valence-corrected chi connectivity index (χ0v) is 10.5. The number of aliphatic hydroxyl groups is 1. The SMILES string of the molecule is CC(C)(c1ccccc1)c1nc(C(N)CO)no1. The van der Waals surface area contributed by atoms with E-state index in [4.69, 9.17) is 15.4 Å². The summed E-state index contributed by atoms with van der Waals surface area (Å²) in [5.41, 5.74) is 6.35. The molecule has 18 heavy (non-hydrogen) atoms. The lowest BCUT2D eigenvalue weighted by Gasteiger charge is -2.20. The van der Waals surface area contributed by atoms with Gasteiger partial charge in [-0.05, 0) is 19.4 Å². The molecule has 1 heterocycles. The normalized spacial score (nSPS) is 13.6. The molecule has 0 radical (unpaired) electrons. The van der Waals surface area contributed by atoms with Crippen LogP contribution in [0.2, 0.25) is 0 Å². The van der Waals surface area contributed by atoms with Gasteiger partial charge in [0.15, 0.2) is 5.82 Å². The number of nitrogens with zero attached hydrogens (tertiary/aromatic N) is 2. The monoisotopic (exact) mass is 247 g/mol. The summed E-state index contributed by atoms with van der Waals surface area (Å²) in [6, 6.07) is 9.31. The first-order valence-corrected chi connectivity index (χ1v) is 5.81. The molecular formula is C13H17N3O2. The van der Waals surface area contributed by atoms with Gasteiger partial charge < -0.3 is 15.4 Å². The molecule has 2 rings (SSSR count). The Bertz CT molecular complexity index is 508. The molecule has 5 heteroatoms. The van der Waals surface area contributed by atoms with E-state index in [1.165, 1.54) is 0 Å². The maximum absolute atomic E-state index is 8.97. The average molecular weight is 247 g/mol. The minimum atomic E-state index is -0.603. The van der Waals surface area contributed by atoms with Crippen molar-refractivity contribution in [3.8, 4) is 0 Å². The van der Waals surface area contributed by atoms with Crippen LogP contribution in [0.3, 0.4) is 0 Å². The quantitative estimate of drug-likeness (QED) is 0.852. The van der Waals surface area contributed by atoms with Crippen molar-refractivity contribution in [2.45, 2.75) is 25.3 Å². The molecule has 1 aromatic carbocycles. The van der Waals surface area contributed by atoms with Gasteiger partial charge >= 0.3 is 0 Å². The van der Waals surface area contributed by atoms with Crippen LogP contribution in [0.4, 0.5) is 0 Å². The van der Waals surface area contributed by atoms with Crippen LogP contribution in [0.25, 0.3) is 0 Å². The Hall–Kier alpha value is -1.72. The molecule has 1 aromatic heterocycles. The summed E-state index contributed by atoms with van der Waals surface area (Å²) in [5.74, 6) is 0.823. The molecule has 1 unspecified atom stereocenters. The third kappa shape index (κ3) is 2.27. The number of aliphatic hydroxyl groups excluding tert-OH is 1. The van der Waals surface area contributed by atoms with Crippen LogP contribution in [0.15, 0.2) is 34.9 Å². The first kappa shape index (κ1) is 12.7. The van der Waals surface area contributed by atoms with Crippen molar-refractivity contribution in [1.82, 2.24) is 10.1 Å². The standard InChI is InChI=1S/C13H17N3O2/c1-13(2,9-6-4-3-5-7-9)12-15-11(16-18-12)10(14)8-17/h3-7,10,17H,8,14H2,1-2H3. The van der Waals surface area contributed by atoms with Crippen LogP contribution in [0.1, 0.15) is 37.2 Å². The highest BCUT2D eigenvalue weighted by molar-refractivity contribution is 5.29. The van der Waals surface area contributed by atoms with Crippen molar-refractivity contribution in [3.63, 3.8) is 0 Å². The molecule has 0 amide bonds. The second-order valence-corrected chi connectivity index (χ2v) is 4.74. The predicted octanol–water partition coefficient (Wildman–Crippen LogP) is 1.39. The van der Waals surface area contributed by atoms with Crippen LogP contribution >= 0.6 is 0 Å². The van der Waals surface area contributed by atoms with Crippen LogP contribution < -0.4 is 5.73 Å². The van der Waals surface area contributed by atoms with Crippen molar-refractivity contribution in [3.05, 3.63) is 47.6 Å². The molecule has 1 atom stereocenters. The van der Waals surface area contributed by atoms with Gasteiger partial charge in [-0.15, -0.1) is 0 Å². The minimum absolute atomic E-state index is 0.204. The Morgan fingerprint density at radius 1 is 1.33 bits per heavy atom. The summed E-state index contributed by atoms with van der Waals surface area (Å²) in [6.45, 7) is 3.80. The van der Waals surface area contributed by atoms with Gasteiger partial charge in [0.2, 0.25) is 5.89 Å². The number of aromatic nitrogens is 2. The molecule has 96 valence electrons. The van der Waals surface area contributed by atoms with E-state index in [2.05, 4.69) is 10.1 Å². The molecule has 3 N–H and O–H groups in total.